The molecule has 10 heteroatoms. The van der Waals surface area contributed by atoms with Gasteiger partial charge in [-0.15, -0.1) is 0 Å². The largest absolute Gasteiger partial charge is 0.457 e. The Morgan fingerprint density at radius 3 is 2.59 bits per heavy atom. The summed E-state index contributed by atoms with van der Waals surface area (Å²) < 4.78 is 45.7. The number of carbonyl (C=O) groups is 2. The van der Waals surface area contributed by atoms with Gasteiger partial charge in [-0.3, -0.25) is 4.79 Å². The number of hydrogen-bond acceptors (Lipinski definition) is 8. The summed E-state index contributed by atoms with van der Waals surface area (Å²) in [6.07, 6.45) is 1.20. The zero-order chi connectivity index (χ0) is 22.6. The maximum Gasteiger partial charge on any atom is 0.375 e. The minimum absolute atomic E-state index is 0.128. The first-order chi connectivity index (χ1) is 15.4. The van der Waals surface area contributed by atoms with E-state index in [1.165, 1.54) is 24.5 Å². The molecule has 2 heterocycles. The molecule has 1 aliphatic heterocycles. The molecule has 0 saturated heterocycles. The summed E-state index contributed by atoms with van der Waals surface area (Å²) >= 11 is 0. The van der Waals surface area contributed by atoms with Gasteiger partial charge in [-0.05, 0) is 35.9 Å². The number of sulfone groups is 1. The number of carbonyl (C=O) groups excluding carboxylic acids is 2. The van der Waals surface area contributed by atoms with E-state index in [1.54, 1.807) is 36.4 Å². The highest BCUT2D eigenvalue weighted by atomic mass is 32.2. The Balaban J connectivity index is 1.31. The highest BCUT2D eigenvalue weighted by Crippen LogP contribution is 2.32. The van der Waals surface area contributed by atoms with Gasteiger partial charge < -0.3 is 23.9 Å². The second kappa shape index (κ2) is 9.15. The van der Waals surface area contributed by atoms with E-state index in [4.69, 9.17) is 18.6 Å². The smallest absolute Gasteiger partial charge is 0.375 e. The molecule has 0 atom stereocenters. The molecular weight excluding hydrogens is 438 g/mol. The van der Waals surface area contributed by atoms with Crippen LogP contribution in [0.1, 0.15) is 21.7 Å². The molecule has 0 spiro atoms. The Hall–Kier alpha value is -3.79. The zero-order valence-corrected chi connectivity index (χ0v) is 17.6. The molecule has 166 valence electrons. The van der Waals surface area contributed by atoms with E-state index in [0.717, 1.165) is 5.56 Å². The lowest BCUT2D eigenvalue weighted by Crippen LogP contribution is -2.28. The molecule has 0 bridgehead atoms. The SMILES string of the molecule is O=C(COC(=O)c1occc1CS(=O)(=O)c1ccccc1)NCc1ccc2c(c1)OCO2. The summed E-state index contributed by atoms with van der Waals surface area (Å²) in [5, 5.41) is 2.63. The minimum atomic E-state index is -3.68. The molecule has 4 rings (SSSR count). The predicted octanol–water partition coefficient (Wildman–Crippen LogP) is 2.46. The van der Waals surface area contributed by atoms with Crippen LogP contribution in [0.3, 0.4) is 0 Å². The van der Waals surface area contributed by atoms with Crippen molar-refractivity contribution in [3.8, 4) is 11.5 Å². The van der Waals surface area contributed by atoms with Crippen molar-refractivity contribution in [3.63, 3.8) is 0 Å². The normalized spacial score (nSPS) is 12.4. The number of fused-ring (bicyclic) bond motifs is 1. The van der Waals surface area contributed by atoms with Crippen molar-refractivity contribution >= 4 is 21.7 Å². The number of furan rings is 1. The van der Waals surface area contributed by atoms with Crippen molar-refractivity contribution in [2.75, 3.05) is 13.4 Å². The van der Waals surface area contributed by atoms with Crippen molar-refractivity contribution < 1.29 is 36.6 Å². The molecule has 32 heavy (non-hydrogen) atoms. The number of rotatable bonds is 8. The Morgan fingerprint density at radius 1 is 1.00 bits per heavy atom. The molecule has 1 aromatic heterocycles. The number of esters is 1. The number of nitrogens with one attached hydrogen (secondary N) is 1. The van der Waals surface area contributed by atoms with Gasteiger partial charge in [0.05, 0.1) is 16.9 Å². The molecule has 0 radical (unpaired) electrons. The number of ether oxygens (including phenoxy) is 3. The van der Waals surface area contributed by atoms with Crippen LogP contribution < -0.4 is 14.8 Å². The van der Waals surface area contributed by atoms with Crippen LogP contribution in [0.4, 0.5) is 0 Å². The minimum Gasteiger partial charge on any atom is -0.457 e. The summed E-state index contributed by atoms with van der Waals surface area (Å²) in [7, 11) is -3.68. The molecule has 9 nitrogen and oxygen atoms in total. The highest BCUT2D eigenvalue weighted by molar-refractivity contribution is 7.90. The lowest BCUT2D eigenvalue weighted by molar-refractivity contribution is -0.124. The average Bonchev–Trinajstić information content (AvgIpc) is 3.45. The standard InChI is InChI=1S/C22H19NO8S/c24-20(23-11-15-6-7-18-19(10-15)31-14-30-18)12-29-22(25)21-16(8-9-28-21)13-32(26,27)17-4-2-1-3-5-17/h1-10H,11-14H2,(H,23,24). The summed E-state index contributed by atoms with van der Waals surface area (Å²) in [6, 6.07) is 14.5. The van der Waals surface area contributed by atoms with Crippen LogP contribution in [0.5, 0.6) is 11.5 Å². The topological polar surface area (TPSA) is 121 Å². The van der Waals surface area contributed by atoms with Gasteiger partial charge in [0.2, 0.25) is 12.6 Å². The molecule has 2 aromatic carbocycles. The third-order valence-corrected chi connectivity index (χ3v) is 6.32. The molecule has 0 fully saturated rings. The van der Waals surface area contributed by atoms with Gasteiger partial charge in [-0.25, -0.2) is 13.2 Å². The first-order valence-electron chi connectivity index (χ1n) is 9.59. The molecule has 1 amide bonds. The molecule has 0 saturated carbocycles. The molecule has 1 aliphatic rings. The monoisotopic (exact) mass is 457 g/mol. The van der Waals surface area contributed by atoms with Gasteiger partial charge in [-0.2, -0.15) is 0 Å². The quantitative estimate of drug-likeness (QED) is 0.512. The molecule has 0 aliphatic carbocycles. The van der Waals surface area contributed by atoms with Crippen LogP contribution in [0.2, 0.25) is 0 Å². The van der Waals surface area contributed by atoms with Crippen molar-refractivity contribution in [2.24, 2.45) is 0 Å². The van der Waals surface area contributed by atoms with Crippen LogP contribution in [0.25, 0.3) is 0 Å². The molecule has 0 unspecified atom stereocenters. The maximum atomic E-state index is 12.6. The van der Waals surface area contributed by atoms with Gasteiger partial charge >= 0.3 is 5.97 Å². The number of amides is 1. The first-order valence-corrected chi connectivity index (χ1v) is 11.2. The van der Waals surface area contributed by atoms with Crippen molar-refractivity contribution in [3.05, 3.63) is 77.7 Å². The van der Waals surface area contributed by atoms with Gasteiger partial charge in [0.15, 0.2) is 27.9 Å². The molecular formula is C22H19NO8S. The second-order valence-electron chi connectivity index (χ2n) is 6.89. The summed E-state index contributed by atoms with van der Waals surface area (Å²) in [4.78, 5) is 24.5. The fourth-order valence-electron chi connectivity index (χ4n) is 3.04. The fraction of sp³-hybridized carbons (Fsp3) is 0.182. The third-order valence-electron chi connectivity index (χ3n) is 4.64. The molecule has 3 aromatic rings. The van der Waals surface area contributed by atoms with Crippen LogP contribution in [-0.4, -0.2) is 33.7 Å². The van der Waals surface area contributed by atoms with E-state index in [2.05, 4.69) is 5.32 Å². The lowest BCUT2D eigenvalue weighted by Gasteiger charge is -2.08. The van der Waals surface area contributed by atoms with Crippen molar-refractivity contribution in [2.45, 2.75) is 17.2 Å². The average molecular weight is 457 g/mol. The van der Waals surface area contributed by atoms with Crippen LogP contribution in [0.15, 0.2) is 70.2 Å². The first kappa shape index (κ1) is 21.4. The predicted molar refractivity (Wildman–Crippen MR) is 111 cm³/mol. The van der Waals surface area contributed by atoms with Crippen LogP contribution in [0, 0.1) is 0 Å². The van der Waals surface area contributed by atoms with Gasteiger partial charge in [-0.1, -0.05) is 24.3 Å². The fourth-order valence-corrected chi connectivity index (χ4v) is 4.42. The zero-order valence-electron chi connectivity index (χ0n) is 16.8. The molecule has 1 N–H and O–H groups in total. The van der Waals surface area contributed by atoms with E-state index < -0.39 is 34.1 Å². The van der Waals surface area contributed by atoms with Crippen molar-refractivity contribution in [1.82, 2.24) is 5.32 Å². The van der Waals surface area contributed by atoms with E-state index in [0.29, 0.717) is 11.5 Å². The summed E-state index contributed by atoms with van der Waals surface area (Å²) in [5.41, 5.74) is 0.938. The van der Waals surface area contributed by atoms with E-state index in [1.807, 2.05) is 0 Å². The van der Waals surface area contributed by atoms with Gasteiger partial charge in [0.1, 0.15) is 0 Å². The maximum absolute atomic E-state index is 12.6. The van der Waals surface area contributed by atoms with E-state index >= 15 is 0 Å². The van der Waals surface area contributed by atoms with Gasteiger partial charge in [0.25, 0.3) is 5.91 Å². The Labute approximate surface area is 183 Å². The Morgan fingerprint density at radius 2 is 1.78 bits per heavy atom. The number of hydrogen-bond donors (Lipinski definition) is 1. The van der Waals surface area contributed by atoms with Crippen molar-refractivity contribution in [1.29, 1.82) is 0 Å². The highest BCUT2D eigenvalue weighted by Gasteiger charge is 2.24. The number of benzene rings is 2. The Kier molecular flexibility index (Phi) is 6.13. The van der Waals surface area contributed by atoms with Crippen LogP contribution >= 0.6 is 0 Å². The second-order valence-corrected chi connectivity index (χ2v) is 8.88. The summed E-state index contributed by atoms with van der Waals surface area (Å²) in [5.74, 6) is -0.911. The lowest BCUT2D eigenvalue weighted by atomic mass is 10.2. The van der Waals surface area contributed by atoms with Crippen LogP contribution in [-0.2, 0) is 31.7 Å². The summed E-state index contributed by atoms with van der Waals surface area (Å²) in [6.45, 7) is -0.189. The third kappa shape index (κ3) is 4.92. The van der Waals surface area contributed by atoms with E-state index in [-0.39, 0.29) is 29.6 Å². The van der Waals surface area contributed by atoms with Gasteiger partial charge in [0, 0.05) is 12.1 Å². The Bertz CT molecular complexity index is 1230. The van der Waals surface area contributed by atoms with E-state index in [9.17, 15) is 18.0 Å².